The Bertz CT molecular complexity index is 174. The predicted octanol–water partition coefficient (Wildman–Crippen LogP) is 0.143. The molecule has 76 valence electrons. The molecule has 4 nitrogen and oxygen atoms in total. The Morgan fingerprint density at radius 2 is 2.00 bits per heavy atom. The van der Waals surface area contributed by atoms with Crippen molar-refractivity contribution in [1.82, 2.24) is 10.2 Å². The van der Waals surface area contributed by atoms with Crippen LogP contribution < -0.4 is 5.32 Å². The van der Waals surface area contributed by atoms with Crippen LogP contribution in [0.2, 0.25) is 0 Å². The van der Waals surface area contributed by atoms with Gasteiger partial charge in [-0.15, -0.1) is 0 Å². The third kappa shape index (κ3) is 2.97. The number of carbonyl (C=O) groups is 1. The van der Waals surface area contributed by atoms with Crippen LogP contribution in [0.4, 0.5) is 0 Å². The van der Waals surface area contributed by atoms with E-state index in [1.54, 1.807) is 0 Å². The highest BCUT2D eigenvalue weighted by atomic mass is 16.4. The van der Waals surface area contributed by atoms with Crippen molar-refractivity contribution in [3.05, 3.63) is 0 Å². The van der Waals surface area contributed by atoms with E-state index in [0.29, 0.717) is 18.6 Å². The summed E-state index contributed by atoms with van der Waals surface area (Å²) >= 11 is 0. The largest absolute Gasteiger partial charge is 0.481 e. The molecule has 0 aromatic rings. The maximum atomic E-state index is 10.4. The molecule has 2 atom stereocenters. The van der Waals surface area contributed by atoms with Crippen LogP contribution in [0.5, 0.6) is 0 Å². The first-order valence-electron chi connectivity index (χ1n) is 4.79. The van der Waals surface area contributed by atoms with E-state index in [4.69, 9.17) is 5.11 Å². The average Bonchev–Trinajstić information content (AvgIpc) is 2.03. The molecule has 0 aliphatic carbocycles. The van der Waals surface area contributed by atoms with Gasteiger partial charge in [-0.25, -0.2) is 0 Å². The van der Waals surface area contributed by atoms with Crippen LogP contribution in [0.25, 0.3) is 0 Å². The molecule has 0 aromatic heterocycles. The molecule has 1 saturated heterocycles. The van der Waals surface area contributed by atoms with E-state index in [1.165, 1.54) is 0 Å². The van der Waals surface area contributed by atoms with Gasteiger partial charge >= 0.3 is 5.97 Å². The van der Waals surface area contributed by atoms with Crippen molar-refractivity contribution in [3.8, 4) is 0 Å². The molecule has 0 unspecified atom stereocenters. The Balaban J connectivity index is 2.39. The molecular formula is C9H18N2O2. The fraction of sp³-hybridized carbons (Fsp3) is 0.889. The Kier molecular flexibility index (Phi) is 3.69. The minimum atomic E-state index is -0.710. The highest BCUT2D eigenvalue weighted by Crippen LogP contribution is 2.09. The summed E-state index contributed by atoms with van der Waals surface area (Å²) in [4.78, 5) is 12.7. The first kappa shape index (κ1) is 10.5. The fourth-order valence-corrected chi connectivity index (χ4v) is 1.84. The quantitative estimate of drug-likeness (QED) is 0.658. The van der Waals surface area contributed by atoms with E-state index < -0.39 is 5.97 Å². The topological polar surface area (TPSA) is 52.6 Å². The Morgan fingerprint density at radius 1 is 1.46 bits per heavy atom. The van der Waals surface area contributed by atoms with E-state index in [9.17, 15) is 4.79 Å². The van der Waals surface area contributed by atoms with Gasteiger partial charge in [-0.05, 0) is 13.8 Å². The van der Waals surface area contributed by atoms with Gasteiger partial charge in [0, 0.05) is 31.7 Å². The van der Waals surface area contributed by atoms with Gasteiger partial charge < -0.3 is 10.4 Å². The summed E-state index contributed by atoms with van der Waals surface area (Å²) < 4.78 is 0. The van der Waals surface area contributed by atoms with Gasteiger partial charge in [-0.1, -0.05) is 0 Å². The lowest BCUT2D eigenvalue weighted by molar-refractivity contribution is -0.137. The molecule has 0 amide bonds. The zero-order chi connectivity index (χ0) is 9.84. The summed E-state index contributed by atoms with van der Waals surface area (Å²) in [5, 5.41) is 11.9. The van der Waals surface area contributed by atoms with Gasteiger partial charge in [0.15, 0.2) is 0 Å². The lowest BCUT2D eigenvalue weighted by Crippen LogP contribution is -2.55. The number of hydrogen-bond donors (Lipinski definition) is 2. The second-order valence-electron chi connectivity index (χ2n) is 3.74. The molecule has 0 bridgehead atoms. The zero-order valence-electron chi connectivity index (χ0n) is 8.29. The maximum Gasteiger partial charge on any atom is 0.304 e. The maximum absolute atomic E-state index is 10.4. The fourth-order valence-electron chi connectivity index (χ4n) is 1.84. The number of carboxylic acid groups (broad SMARTS) is 1. The molecule has 1 rings (SSSR count). The molecule has 0 saturated carbocycles. The number of aliphatic carboxylic acids is 1. The van der Waals surface area contributed by atoms with Crippen LogP contribution in [0.3, 0.4) is 0 Å². The number of piperazine rings is 1. The third-order valence-electron chi connectivity index (χ3n) is 2.60. The summed E-state index contributed by atoms with van der Waals surface area (Å²) in [6.07, 6.45) is 0.245. The molecule has 1 aliphatic heterocycles. The second-order valence-corrected chi connectivity index (χ2v) is 3.74. The van der Waals surface area contributed by atoms with Crippen molar-refractivity contribution in [3.63, 3.8) is 0 Å². The van der Waals surface area contributed by atoms with E-state index in [2.05, 4.69) is 24.1 Å². The standard InChI is InChI=1S/C9H18N2O2/c1-7-5-10-6-8(2)11(7)4-3-9(12)13/h7-8,10H,3-6H2,1-2H3,(H,12,13)/t7-,8+. The van der Waals surface area contributed by atoms with Crippen molar-refractivity contribution < 1.29 is 9.90 Å². The van der Waals surface area contributed by atoms with Gasteiger partial charge in [-0.3, -0.25) is 9.69 Å². The summed E-state index contributed by atoms with van der Waals surface area (Å²) in [6, 6.07) is 0.895. The van der Waals surface area contributed by atoms with Gasteiger partial charge in [0.05, 0.1) is 6.42 Å². The van der Waals surface area contributed by atoms with Gasteiger partial charge in [0.2, 0.25) is 0 Å². The van der Waals surface area contributed by atoms with E-state index >= 15 is 0 Å². The Hall–Kier alpha value is -0.610. The number of carboxylic acids is 1. The third-order valence-corrected chi connectivity index (χ3v) is 2.60. The molecule has 2 N–H and O–H groups in total. The number of nitrogens with one attached hydrogen (secondary N) is 1. The van der Waals surface area contributed by atoms with Crippen molar-refractivity contribution >= 4 is 5.97 Å². The van der Waals surface area contributed by atoms with Crippen molar-refractivity contribution in [2.75, 3.05) is 19.6 Å². The lowest BCUT2D eigenvalue weighted by atomic mass is 10.1. The van der Waals surface area contributed by atoms with E-state index in [0.717, 1.165) is 13.1 Å². The van der Waals surface area contributed by atoms with E-state index in [-0.39, 0.29) is 6.42 Å². The predicted molar refractivity (Wildman–Crippen MR) is 50.8 cm³/mol. The minimum Gasteiger partial charge on any atom is -0.481 e. The number of rotatable bonds is 3. The molecule has 0 radical (unpaired) electrons. The molecule has 1 heterocycles. The zero-order valence-corrected chi connectivity index (χ0v) is 8.29. The summed E-state index contributed by atoms with van der Waals surface area (Å²) in [5.41, 5.74) is 0. The minimum absolute atomic E-state index is 0.245. The first-order chi connectivity index (χ1) is 6.11. The van der Waals surface area contributed by atoms with E-state index in [1.807, 2.05) is 0 Å². The van der Waals surface area contributed by atoms with Crippen LogP contribution in [0, 0.1) is 0 Å². The molecule has 13 heavy (non-hydrogen) atoms. The van der Waals surface area contributed by atoms with Crippen molar-refractivity contribution in [1.29, 1.82) is 0 Å². The number of hydrogen-bond acceptors (Lipinski definition) is 3. The van der Waals surface area contributed by atoms with Crippen LogP contribution in [-0.2, 0) is 4.79 Å². The normalized spacial score (nSPS) is 30.3. The molecule has 1 aliphatic rings. The SMILES string of the molecule is C[C@@H]1CNC[C@H](C)N1CCC(=O)O. The number of nitrogens with zero attached hydrogens (tertiary/aromatic N) is 1. The molecule has 4 heteroatoms. The lowest BCUT2D eigenvalue weighted by Gasteiger charge is -2.39. The van der Waals surface area contributed by atoms with Crippen LogP contribution in [0.15, 0.2) is 0 Å². The van der Waals surface area contributed by atoms with Crippen molar-refractivity contribution in [2.45, 2.75) is 32.4 Å². The average molecular weight is 186 g/mol. The highest BCUT2D eigenvalue weighted by molar-refractivity contribution is 5.66. The molecule has 0 aromatic carbocycles. The monoisotopic (exact) mass is 186 g/mol. The van der Waals surface area contributed by atoms with Crippen LogP contribution in [-0.4, -0.2) is 47.7 Å². The van der Waals surface area contributed by atoms with Gasteiger partial charge in [0.1, 0.15) is 0 Å². The summed E-state index contributed by atoms with van der Waals surface area (Å²) in [7, 11) is 0. The smallest absolute Gasteiger partial charge is 0.304 e. The van der Waals surface area contributed by atoms with Crippen LogP contribution in [0.1, 0.15) is 20.3 Å². The van der Waals surface area contributed by atoms with Gasteiger partial charge in [-0.2, -0.15) is 0 Å². The second kappa shape index (κ2) is 4.58. The van der Waals surface area contributed by atoms with Crippen molar-refractivity contribution in [2.24, 2.45) is 0 Å². The Morgan fingerprint density at radius 3 is 2.46 bits per heavy atom. The molecular weight excluding hydrogens is 168 g/mol. The molecule has 1 fully saturated rings. The van der Waals surface area contributed by atoms with Gasteiger partial charge in [0.25, 0.3) is 0 Å². The summed E-state index contributed by atoms with van der Waals surface area (Å²) in [5.74, 6) is -0.710. The summed E-state index contributed by atoms with van der Waals surface area (Å²) in [6.45, 7) is 6.85. The first-order valence-corrected chi connectivity index (χ1v) is 4.79. The Labute approximate surface area is 78.9 Å². The van der Waals surface area contributed by atoms with Crippen LogP contribution >= 0.6 is 0 Å². The molecule has 0 spiro atoms. The highest BCUT2D eigenvalue weighted by Gasteiger charge is 2.24.